The highest BCUT2D eigenvalue weighted by Crippen LogP contribution is 2.59. The average Bonchev–Trinajstić information content (AvgIpc) is 3.41. The lowest BCUT2D eigenvalue weighted by Crippen LogP contribution is -2.48. The number of halogens is 3. The van der Waals surface area contributed by atoms with Gasteiger partial charge in [-0.1, -0.05) is 6.92 Å². The van der Waals surface area contributed by atoms with Crippen LogP contribution in [-0.2, 0) is 17.5 Å². The second-order valence-corrected chi connectivity index (χ2v) is 10.1. The zero-order valence-corrected chi connectivity index (χ0v) is 17.4. The molecule has 4 fully saturated rings. The van der Waals surface area contributed by atoms with E-state index in [0.717, 1.165) is 57.4 Å². The third-order valence-corrected chi connectivity index (χ3v) is 7.67. The lowest BCUT2D eigenvalue weighted by molar-refractivity contribution is -0.137. The summed E-state index contributed by atoms with van der Waals surface area (Å²) in [6.07, 6.45) is -0.819. The number of likely N-dealkylation sites (tertiary alicyclic amines) is 1. The molecule has 0 unspecified atom stereocenters. The smallest absolute Gasteiger partial charge is 0.383 e. The van der Waals surface area contributed by atoms with Gasteiger partial charge < -0.3 is 10.5 Å². The van der Waals surface area contributed by atoms with Crippen molar-refractivity contribution < 1.29 is 17.9 Å². The predicted molar refractivity (Wildman–Crippen MR) is 108 cm³/mol. The summed E-state index contributed by atoms with van der Waals surface area (Å²) >= 11 is 0. The second-order valence-electron chi connectivity index (χ2n) is 10.1. The molecule has 0 bridgehead atoms. The SMILES string of the molecule is CC1(Cn2nc(-c3cnc(N)c(C(F)(F)F)c3)cc2[C@H]2[C@@H]3CN(C4COC4)C[C@@H]32)CC1. The average molecular weight is 433 g/mol. The monoisotopic (exact) mass is 433 g/mol. The highest BCUT2D eigenvalue weighted by atomic mass is 19.4. The number of alkyl halides is 3. The van der Waals surface area contributed by atoms with E-state index in [1.165, 1.54) is 6.20 Å². The van der Waals surface area contributed by atoms with E-state index in [1.807, 2.05) is 6.07 Å². The normalized spacial score (nSPS) is 29.6. The third-order valence-electron chi connectivity index (χ3n) is 7.67. The molecule has 2 saturated carbocycles. The molecule has 6 rings (SSSR count). The first-order valence-corrected chi connectivity index (χ1v) is 10.9. The summed E-state index contributed by atoms with van der Waals surface area (Å²) in [6, 6.07) is 3.61. The zero-order valence-electron chi connectivity index (χ0n) is 17.4. The van der Waals surface area contributed by atoms with Crippen molar-refractivity contribution in [2.24, 2.45) is 17.3 Å². The summed E-state index contributed by atoms with van der Waals surface area (Å²) in [4.78, 5) is 6.33. The first-order valence-electron chi connectivity index (χ1n) is 10.9. The maximum Gasteiger partial charge on any atom is 0.419 e. The molecule has 4 aliphatic rings. The lowest BCUT2D eigenvalue weighted by atomic mass is 10.1. The first-order chi connectivity index (χ1) is 14.7. The summed E-state index contributed by atoms with van der Waals surface area (Å²) in [6.45, 7) is 6.86. The van der Waals surface area contributed by atoms with Crippen molar-refractivity contribution in [3.8, 4) is 11.3 Å². The molecule has 166 valence electrons. The van der Waals surface area contributed by atoms with Crippen LogP contribution in [0.25, 0.3) is 11.3 Å². The highest BCUT2D eigenvalue weighted by Gasteiger charge is 2.59. The van der Waals surface area contributed by atoms with Crippen LogP contribution < -0.4 is 5.73 Å². The molecule has 4 heterocycles. The number of rotatable bonds is 5. The van der Waals surface area contributed by atoms with Crippen molar-refractivity contribution >= 4 is 5.82 Å². The fourth-order valence-electron chi connectivity index (χ4n) is 5.27. The van der Waals surface area contributed by atoms with Gasteiger partial charge in [0.25, 0.3) is 0 Å². The largest absolute Gasteiger partial charge is 0.419 e. The van der Waals surface area contributed by atoms with Gasteiger partial charge in [0.1, 0.15) is 5.82 Å². The van der Waals surface area contributed by atoms with E-state index in [2.05, 4.69) is 21.5 Å². The Labute approximate surface area is 178 Å². The minimum Gasteiger partial charge on any atom is -0.383 e. The summed E-state index contributed by atoms with van der Waals surface area (Å²) in [5, 5.41) is 4.76. The highest BCUT2D eigenvalue weighted by molar-refractivity contribution is 5.63. The summed E-state index contributed by atoms with van der Waals surface area (Å²) in [7, 11) is 0. The molecular formula is C22H26F3N5O. The maximum absolute atomic E-state index is 13.3. The molecule has 2 aromatic rings. The van der Waals surface area contributed by atoms with Gasteiger partial charge in [-0.2, -0.15) is 18.3 Å². The number of nitrogen functional groups attached to an aromatic ring is 1. The molecular weight excluding hydrogens is 407 g/mol. The fourth-order valence-corrected chi connectivity index (χ4v) is 5.27. The van der Waals surface area contributed by atoms with Crippen molar-refractivity contribution in [1.82, 2.24) is 19.7 Å². The van der Waals surface area contributed by atoms with E-state index in [-0.39, 0.29) is 5.41 Å². The van der Waals surface area contributed by atoms with Gasteiger partial charge >= 0.3 is 6.18 Å². The molecule has 2 aliphatic heterocycles. The molecule has 0 spiro atoms. The van der Waals surface area contributed by atoms with Gasteiger partial charge in [0.2, 0.25) is 0 Å². The molecule has 2 aromatic heterocycles. The van der Waals surface area contributed by atoms with Crippen LogP contribution in [0.3, 0.4) is 0 Å². The van der Waals surface area contributed by atoms with Crippen LogP contribution >= 0.6 is 0 Å². The van der Waals surface area contributed by atoms with Gasteiger partial charge in [-0.05, 0) is 42.2 Å². The molecule has 2 N–H and O–H groups in total. The third kappa shape index (κ3) is 3.33. The molecule has 31 heavy (non-hydrogen) atoms. The van der Waals surface area contributed by atoms with Gasteiger partial charge in [-0.15, -0.1) is 0 Å². The Balaban J connectivity index is 1.30. The van der Waals surface area contributed by atoms with E-state index in [0.29, 0.717) is 35.1 Å². The van der Waals surface area contributed by atoms with Crippen molar-refractivity contribution in [2.45, 2.75) is 44.4 Å². The van der Waals surface area contributed by atoms with Crippen molar-refractivity contribution in [2.75, 3.05) is 32.0 Å². The number of nitrogens with zero attached hydrogens (tertiary/aromatic N) is 4. The Morgan fingerprint density at radius 1 is 1.19 bits per heavy atom. The van der Waals surface area contributed by atoms with Crippen LogP contribution in [0, 0.1) is 17.3 Å². The van der Waals surface area contributed by atoms with Crippen molar-refractivity contribution in [3.05, 3.63) is 29.6 Å². The Hall–Kier alpha value is -2.13. The zero-order chi connectivity index (χ0) is 21.5. The number of nitrogens with two attached hydrogens (primary N) is 1. The molecule has 3 atom stereocenters. The molecule has 6 nitrogen and oxygen atoms in total. The number of aromatic nitrogens is 3. The van der Waals surface area contributed by atoms with Crippen LogP contribution in [-0.4, -0.2) is 52.0 Å². The minimum absolute atomic E-state index is 0.244. The van der Waals surface area contributed by atoms with E-state index >= 15 is 0 Å². The van der Waals surface area contributed by atoms with Gasteiger partial charge in [0.05, 0.1) is 30.5 Å². The first kappa shape index (κ1) is 19.5. The standard InChI is InChI=1S/C22H26F3N5O/c1-21(2-3-21)11-30-18(19-14-7-29(8-15(14)19)13-9-31-10-13)5-17(28-30)12-4-16(22(23,24)25)20(26)27-6-12/h4-6,13-15,19H,2-3,7-11H2,1H3,(H2,26,27)/t14-,15+,19+. The van der Waals surface area contributed by atoms with E-state index in [1.54, 1.807) is 0 Å². The number of fused-ring (bicyclic) bond motifs is 1. The van der Waals surface area contributed by atoms with Crippen molar-refractivity contribution in [1.29, 1.82) is 0 Å². The van der Waals surface area contributed by atoms with Crippen LogP contribution in [0.4, 0.5) is 19.0 Å². The number of piperidine rings is 1. The van der Waals surface area contributed by atoms with Gasteiger partial charge in [0.15, 0.2) is 0 Å². The number of ether oxygens (including phenoxy) is 1. The van der Waals surface area contributed by atoms with E-state index < -0.39 is 17.6 Å². The summed E-state index contributed by atoms with van der Waals surface area (Å²) in [5.41, 5.74) is 6.89. The summed E-state index contributed by atoms with van der Waals surface area (Å²) < 4.78 is 47.4. The maximum atomic E-state index is 13.3. The molecule has 2 saturated heterocycles. The Kier molecular flexibility index (Phi) is 4.06. The summed E-state index contributed by atoms with van der Waals surface area (Å²) in [5.74, 6) is 1.14. The lowest BCUT2D eigenvalue weighted by Gasteiger charge is -2.35. The van der Waals surface area contributed by atoms with Crippen LogP contribution in [0.2, 0.25) is 0 Å². The van der Waals surface area contributed by atoms with Crippen LogP contribution in [0.5, 0.6) is 0 Å². The number of anilines is 1. The van der Waals surface area contributed by atoms with E-state index in [4.69, 9.17) is 15.6 Å². The van der Waals surface area contributed by atoms with Gasteiger partial charge in [-0.3, -0.25) is 9.58 Å². The quantitative estimate of drug-likeness (QED) is 0.783. The molecule has 0 radical (unpaired) electrons. The van der Waals surface area contributed by atoms with Crippen molar-refractivity contribution in [3.63, 3.8) is 0 Å². The second kappa shape index (κ2) is 6.45. The topological polar surface area (TPSA) is 69.2 Å². The Morgan fingerprint density at radius 2 is 1.90 bits per heavy atom. The molecule has 0 aromatic carbocycles. The van der Waals surface area contributed by atoms with Gasteiger partial charge in [0, 0.05) is 43.0 Å². The van der Waals surface area contributed by atoms with Crippen LogP contribution in [0.15, 0.2) is 18.3 Å². The number of hydrogen-bond acceptors (Lipinski definition) is 5. The van der Waals surface area contributed by atoms with Gasteiger partial charge in [-0.25, -0.2) is 4.98 Å². The van der Waals surface area contributed by atoms with Crippen LogP contribution in [0.1, 0.15) is 36.9 Å². The Bertz CT molecular complexity index is 1010. The molecule has 9 heteroatoms. The predicted octanol–water partition coefficient (Wildman–Crippen LogP) is 3.39. The fraction of sp³-hybridized carbons (Fsp3) is 0.636. The minimum atomic E-state index is -4.54. The molecule has 2 aliphatic carbocycles. The van der Waals surface area contributed by atoms with E-state index in [9.17, 15) is 13.2 Å². The number of pyridine rings is 1. The number of hydrogen-bond donors (Lipinski definition) is 1. The molecule has 0 amide bonds. The Morgan fingerprint density at radius 3 is 2.48 bits per heavy atom.